The van der Waals surface area contributed by atoms with E-state index in [0.717, 1.165) is 0 Å². The van der Waals surface area contributed by atoms with Crippen molar-refractivity contribution in [2.75, 3.05) is 0 Å². The number of nitrogens with one attached hydrogen (secondary N) is 1. The summed E-state index contributed by atoms with van der Waals surface area (Å²) in [6.45, 7) is 1.46. The van der Waals surface area contributed by atoms with Crippen molar-refractivity contribution in [3.63, 3.8) is 0 Å². The van der Waals surface area contributed by atoms with E-state index in [-0.39, 0.29) is 17.0 Å². The van der Waals surface area contributed by atoms with Gasteiger partial charge in [0.2, 0.25) is 11.6 Å². The molecule has 2 N–H and O–H groups in total. The summed E-state index contributed by atoms with van der Waals surface area (Å²) in [6, 6.07) is 14.5. The molecule has 0 aliphatic rings. The van der Waals surface area contributed by atoms with Crippen LogP contribution in [0.15, 0.2) is 63.6 Å². The molecule has 4 aromatic rings. The normalized spacial score (nSPS) is 13.1. The van der Waals surface area contributed by atoms with Crippen LogP contribution in [0.25, 0.3) is 34.3 Å². The Labute approximate surface area is 195 Å². The number of carbonyl (C=O) groups is 1. The van der Waals surface area contributed by atoms with Crippen LogP contribution in [0.4, 0.5) is 13.2 Å². The smallest absolute Gasteiger partial charge is 0.378 e. The minimum atomic E-state index is -4.81. The Morgan fingerprint density at radius 3 is 2.37 bits per heavy atom. The predicted octanol–water partition coefficient (Wildman–Crippen LogP) is 4.14. The van der Waals surface area contributed by atoms with E-state index in [1.54, 1.807) is 18.2 Å². The number of benzene rings is 2. The summed E-state index contributed by atoms with van der Waals surface area (Å²) in [4.78, 5) is 16.0. The fourth-order valence-electron chi connectivity index (χ4n) is 3.22. The van der Waals surface area contributed by atoms with E-state index in [0.29, 0.717) is 5.56 Å². The Balaban J connectivity index is 1.61. The molecule has 2 aromatic heterocycles. The molecule has 2 atom stereocenters. The highest BCUT2D eigenvalue weighted by atomic mass is 19.4. The minimum absolute atomic E-state index is 0.0469. The van der Waals surface area contributed by atoms with Gasteiger partial charge in [0.15, 0.2) is 6.10 Å². The number of aliphatic hydroxyl groups excluding tert-OH is 1. The summed E-state index contributed by atoms with van der Waals surface area (Å²) >= 11 is 0. The average molecular weight is 483 g/mol. The van der Waals surface area contributed by atoms with Crippen LogP contribution < -0.4 is 5.32 Å². The van der Waals surface area contributed by atoms with E-state index >= 15 is 0 Å². The quantitative estimate of drug-likeness (QED) is 0.417. The first-order valence-electron chi connectivity index (χ1n) is 10.1. The van der Waals surface area contributed by atoms with E-state index in [1.165, 1.54) is 43.3 Å². The number of amides is 1. The van der Waals surface area contributed by atoms with E-state index in [9.17, 15) is 23.1 Å². The molecule has 0 bridgehead atoms. The van der Waals surface area contributed by atoms with Gasteiger partial charge in [-0.3, -0.25) is 4.79 Å². The van der Waals surface area contributed by atoms with Gasteiger partial charge in [0.1, 0.15) is 17.3 Å². The molecule has 0 spiro atoms. The van der Waals surface area contributed by atoms with Crippen molar-refractivity contribution in [2.45, 2.75) is 25.2 Å². The highest BCUT2D eigenvalue weighted by Gasteiger charge is 2.43. The summed E-state index contributed by atoms with van der Waals surface area (Å²) in [5.41, 5.74) is -0.776. The first-order chi connectivity index (χ1) is 16.7. The lowest BCUT2D eigenvalue weighted by molar-refractivity contribution is -0.137. The zero-order valence-electron chi connectivity index (χ0n) is 17.9. The second-order valence-corrected chi connectivity index (χ2v) is 7.41. The van der Waals surface area contributed by atoms with Gasteiger partial charge in [0.25, 0.3) is 11.8 Å². The Morgan fingerprint density at radius 2 is 1.74 bits per heavy atom. The van der Waals surface area contributed by atoms with Crippen LogP contribution in [0.3, 0.4) is 0 Å². The molecule has 178 valence electrons. The van der Waals surface area contributed by atoms with Crippen molar-refractivity contribution in [1.29, 1.82) is 5.26 Å². The van der Waals surface area contributed by atoms with Gasteiger partial charge < -0.3 is 19.5 Å². The second-order valence-electron chi connectivity index (χ2n) is 7.41. The molecule has 35 heavy (non-hydrogen) atoms. The van der Waals surface area contributed by atoms with E-state index in [1.807, 2.05) is 6.07 Å². The lowest BCUT2D eigenvalue weighted by Crippen LogP contribution is -2.35. The third-order valence-electron chi connectivity index (χ3n) is 4.93. The maximum Gasteiger partial charge on any atom is 0.422 e. The van der Waals surface area contributed by atoms with Gasteiger partial charge in [-0.15, -0.1) is 0 Å². The lowest BCUT2D eigenvalue weighted by atomic mass is 10.1. The summed E-state index contributed by atoms with van der Waals surface area (Å²) in [7, 11) is 0. The van der Waals surface area contributed by atoms with Crippen molar-refractivity contribution in [3.8, 4) is 40.4 Å². The third kappa shape index (κ3) is 4.90. The fraction of sp³-hybridized carbons (Fsp3) is 0.174. The highest BCUT2D eigenvalue weighted by molar-refractivity contribution is 5.82. The van der Waals surface area contributed by atoms with Crippen LogP contribution in [0, 0.1) is 11.3 Å². The minimum Gasteiger partial charge on any atom is -0.378 e. The maximum atomic E-state index is 13.9. The summed E-state index contributed by atoms with van der Waals surface area (Å²) in [6.07, 6.45) is -6.34. The van der Waals surface area contributed by atoms with Crippen molar-refractivity contribution in [3.05, 3.63) is 65.7 Å². The first-order valence-corrected chi connectivity index (χ1v) is 10.1. The van der Waals surface area contributed by atoms with E-state index in [4.69, 9.17) is 14.3 Å². The number of aliphatic hydroxyl groups is 1. The Morgan fingerprint density at radius 1 is 1.06 bits per heavy atom. The molecule has 0 fully saturated rings. The topological polar surface area (TPSA) is 138 Å². The van der Waals surface area contributed by atoms with Crippen LogP contribution in [0.5, 0.6) is 0 Å². The average Bonchev–Trinajstić information content (AvgIpc) is 3.51. The van der Waals surface area contributed by atoms with Gasteiger partial charge in [-0.1, -0.05) is 64.9 Å². The Bertz CT molecular complexity index is 1370. The molecule has 0 aliphatic carbocycles. The number of aromatic nitrogens is 3. The van der Waals surface area contributed by atoms with Crippen molar-refractivity contribution in [2.24, 2.45) is 0 Å². The maximum absolute atomic E-state index is 13.9. The molecule has 2 heterocycles. The zero-order chi connectivity index (χ0) is 25.2. The van der Waals surface area contributed by atoms with Crippen LogP contribution >= 0.6 is 0 Å². The lowest BCUT2D eigenvalue weighted by Gasteiger charge is -2.12. The number of hydrogen-bond donors (Lipinski definition) is 2. The molecule has 4 rings (SSSR count). The second kappa shape index (κ2) is 9.40. The summed E-state index contributed by atoms with van der Waals surface area (Å²) in [5, 5.41) is 28.5. The van der Waals surface area contributed by atoms with Gasteiger partial charge in [0.05, 0.1) is 6.07 Å². The number of nitrogens with zero attached hydrogens (tertiary/aromatic N) is 4. The number of hydrogen-bond acceptors (Lipinski definition) is 8. The molecule has 0 unspecified atom stereocenters. The van der Waals surface area contributed by atoms with Crippen LogP contribution in [-0.2, 0) is 11.0 Å². The van der Waals surface area contributed by atoms with Crippen molar-refractivity contribution >= 4 is 5.91 Å². The molecular formula is C23H16F3N5O4. The molecular weight excluding hydrogens is 467 g/mol. The zero-order valence-corrected chi connectivity index (χ0v) is 17.9. The molecule has 12 heteroatoms. The van der Waals surface area contributed by atoms with Crippen molar-refractivity contribution < 1.29 is 32.1 Å². The predicted molar refractivity (Wildman–Crippen MR) is 114 cm³/mol. The number of halogens is 3. The summed E-state index contributed by atoms with van der Waals surface area (Å²) < 4.78 is 51.6. The monoisotopic (exact) mass is 483 g/mol. The van der Waals surface area contributed by atoms with Gasteiger partial charge in [-0.05, 0) is 12.5 Å². The number of rotatable bonds is 6. The van der Waals surface area contributed by atoms with Gasteiger partial charge in [0, 0.05) is 11.1 Å². The molecule has 0 saturated heterocycles. The van der Waals surface area contributed by atoms with Crippen LogP contribution in [0.2, 0.25) is 0 Å². The summed E-state index contributed by atoms with van der Waals surface area (Å²) in [5.74, 6) is -2.04. The Hall–Kier alpha value is -4.50. The molecule has 0 aliphatic heterocycles. The SMILES string of the molecule is C[C@@H](C#N)NC(=O)[C@H](O)c1ccc(-c2noc(-c3onc(-c4ccccc4)c3C(F)(F)F)n2)cc1. The standard InChI is InChI=1S/C23H16F3N5O4/c1-12(11-27)28-21(33)18(32)14-7-9-15(10-8-14)20-29-22(35-31-20)19-16(23(24,25)26)17(30-34-19)13-5-3-2-4-6-13/h2-10,12,18,32H,1H3,(H,28,33)/t12-,18+/m0/s1. The van der Waals surface area contributed by atoms with Gasteiger partial charge in [-0.25, -0.2) is 0 Å². The number of nitriles is 1. The van der Waals surface area contributed by atoms with E-state index < -0.39 is 47.1 Å². The molecule has 9 nitrogen and oxygen atoms in total. The van der Waals surface area contributed by atoms with E-state index in [2.05, 4.69) is 20.6 Å². The molecule has 0 radical (unpaired) electrons. The number of alkyl halides is 3. The van der Waals surface area contributed by atoms with Gasteiger partial charge >= 0.3 is 6.18 Å². The highest BCUT2D eigenvalue weighted by Crippen LogP contribution is 2.43. The van der Waals surface area contributed by atoms with Crippen LogP contribution in [0.1, 0.15) is 24.2 Å². The largest absolute Gasteiger partial charge is 0.422 e. The van der Waals surface area contributed by atoms with Gasteiger partial charge in [-0.2, -0.15) is 23.4 Å². The van der Waals surface area contributed by atoms with Crippen molar-refractivity contribution in [1.82, 2.24) is 20.6 Å². The molecule has 2 aromatic carbocycles. The van der Waals surface area contributed by atoms with Crippen LogP contribution in [-0.4, -0.2) is 32.4 Å². The fourth-order valence-corrected chi connectivity index (χ4v) is 3.22. The molecule has 1 amide bonds. The Kier molecular flexibility index (Phi) is 6.35. The molecule has 0 saturated carbocycles. The first kappa shape index (κ1) is 23.7. The number of carbonyl (C=O) groups excluding carboxylic acids is 1. The third-order valence-corrected chi connectivity index (χ3v) is 4.93.